The highest BCUT2D eigenvalue weighted by Gasteiger charge is 2.42. The second kappa shape index (κ2) is 2.92. The molecule has 0 aromatic rings. The lowest BCUT2D eigenvalue weighted by atomic mass is 9.79. The van der Waals surface area contributed by atoms with Gasteiger partial charge in [-0.15, -0.1) is 0 Å². The van der Waals surface area contributed by atoms with Crippen LogP contribution in [0, 0.1) is 5.92 Å². The van der Waals surface area contributed by atoms with Crippen LogP contribution >= 0.6 is 0 Å². The minimum atomic E-state index is -0.639. The molecule has 64 valence electrons. The molecular formula is C8H12BNO2. The SMILES string of the molecule is [B]C1C(=O)N(C(C)C)C(=O)C1C. The van der Waals surface area contributed by atoms with Crippen LogP contribution in [0.4, 0.5) is 0 Å². The molecule has 1 fully saturated rings. The first-order valence-electron chi connectivity index (χ1n) is 4.09. The monoisotopic (exact) mass is 165 g/mol. The van der Waals surface area contributed by atoms with Crippen molar-refractivity contribution in [1.82, 2.24) is 4.90 Å². The van der Waals surface area contributed by atoms with Crippen molar-refractivity contribution in [1.29, 1.82) is 0 Å². The van der Waals surface area contributed by atoms with E-state index in [1.54, 1.807) is 20.8 Å². The van der Waals surface area contributed by atoms with Crippen molar-refractivity contribution in [3.8, 4) is 0 Å². The number of hydrogen-bond donors (Lipinski definition) is 0. The predicted octanol–water partition coefficient (Wildman–Crippen LogP) is 0.357. The third-order valence-corrected chi connectivity index (χ3v) is 2.20. The van der Waals surface area contributed by atoms with Gasteiger partial charge >= 0.3 is 0 Å². The van der Waals surface area contributed by atoms with E-state index in [9.17, 15) is 9.59 Å². The van der Waals surface area contributed by atoms with Gasteiger partial charge in [-0.05, 0) is 13.8 Å². The summed E-state index contributed by atoms with van der Waals surface area (Å²) in [7, 11) is 5.53. The van der Waals surface area contributed by atoms with E-state index in [1.807, 2.05) is 0 Å². The predicted molar refractivity (Wildman–Crippen MR) is 45.7 cm³/mol. The molecule has 1 rings (SSSR count). The van der Waals surface area contributed by atoms with Crippen LogP contribution < -0.4 is 0 Å². The first kappa shape index (κ1) is 9.29. The highest BCUT2D eigenvalue weighted by molar-refractivity contribution is 6.30. The minimum Gasteiger partial charge on any atom is -0.280 e. The van der Waals surface area contributed by atoms with E-state index in [0.717, 1.165) is 0 Å². The Bertz CT molecular complexity index is 207. The molecular weight excluding hydrogens is 153 g/mol. The highest BCUT2D eigenvalue weighted by atomic mass is 16.2. The highest BCUT2D eigenvalue weighted by Crippen LogP contribution is 2.29. The van der Waals surface area contributed by atoms with E-state index in [2.05, 4.69) is 0 Å². The molecule has 0 aliphatic carbocycles. The standard InChI is InChI=1S/C8H12BNO2/c1-4(2)10-7(11)5(3)6(9)8(10)12/h4-6H,1-3H3. The van der Waals surface area contributed by atoms with Crippen LogP contribution in [0.25, 0.3) is 0 Å². The van der Waals surface area contributed by atoms with Crippen molar-refractivity contribution in [3.63, 3.8) is 0 Å². The third-order valence-electron chi connectivity index (χ3n) is 2.20. The molecule has 3 nitrogen and oxygen atoms in total. The molecule has 2 atom stereocenters. The molecule has 0 aromatic heterocycles. The van der Waals surface area contributed by atoms with E-state index >= 15 is 0 Å². The number of rotatable bonds is 1. The van der Waals surface area contributed by atoms with Crippen LogP contribution in [0.3, 0.4) is 0 Å². The zero-order chi connectivity index (χ0) is 9.46. The molecule has 1 aliphatic heterocycles. The molecule has 2 amide bonds. The fourth-order valence-electron chi connectivity index (χ4n) is 1.37. The molecule has 12 heavy (non-hydrogen) atoms. The van der Waals surface area contributed by atoms with Crippen molar-refractivity contribution in [3.05, 3.63) is 0 Å². The molecule has 0 saturated carbocycles. The van der Waals surface area contributed by atoms with Gasteiger partial charge in [0, 0.05) is 17.8 Å². The average molecular weight is 165 g/mol. The zero-order valence-electron chi connectivity index (χ0n) is 7.57. The van der Waals surface area contributed by atoms with E-state index in [4.69, 9.17) is 7.85 Å². The number of likely N-dealkylation sites (tertiary alicyclic amines) is 1. The second-order valence-corrected chi connectivity index (χ2v) is 3.45. The maximum absolute atomic E-state index is 11.4. The van der Waals surface area contributed by atoms with E-state index < -0.39 is 5.82 Å². The third kappa shape index (κ3) is 1.15. The lowest BCUT2D eigenvalue weighted by Crippen LogP contribution is -2.36. The van der Waals surface area contributed by atoms with Crippen LogP contribution in [0.2, 0.25) is 5.82 Å². The molecule has 2 unspecified atom stereocenters. The maximum atomic E-state index is 11.4. The molecule has 1 heterocycles. The van der Waals surface area contributed by atoms with Gasteiger partial charge in [0.15, 0.2) is 0 Å². The molecule has 0 N–H and O–H groups in total. The maximum Gasteiger partial charge on any atom is 0.232 e. The van der Waals surface area contributed by atoms with Crippen molar-refractivity contribution in [2.45, 2.75) is 32.6 Å². The van der Waals surface area contributed by atoms with Crippen LogP contribution in [-0.4, -0.2) is 30.6 Å². The van der Waals surface area contributed by atoms with E-state index in [1.165, 1.54) is 4.90 Å². The average Bonchev–Trinajstić information content (AvgIpc) is 2.16. The minimum absolute atomic E-state index is 0.0824. The number of imide groups is 1. The largest absolute Gasteiger partial charge is 0.280 e. The molecule has 0 bridgehead atoms. The van der Waals surface area contributed by atoms with E-state index in [-0.39, 0.29) is 23.8 Å². The zero-order valence-corrected chi connectivity index (χ0v) is 7.57. The van der Waals surface area contributed by atoms with Gasteiger partial charge in [0.1, 0.15) is 0 Å². The Morgan fingerprint density at radius 1 is 1.33 bits per heavy atom. The summed E-state index contributed by atoms with van der Waals surface area (Å²) in [5.74, 6) is -1.40. The number of carbonyl (C=O) groups is 2. The van der Waals surface area contributed by atoms with Gasteiger partial charge in [0.2, 0.25) is 11.8 Å². The summed E-state index contributed by atoms with van der Waals surface area (Å²) in [6.07, 6.45) is 0. The van der Waals surface area contributed by atoms with Gasteiger partial charge in [-0.25, -0.2) is 0 Å². The smallest absolute Gasteiger partial charge is 0.232 e. The molecule has 4 heteroatoms. The van der Waals surface area contributed by atoms with Crippen molar-refractivity contribution in [2.24, 2.45) is 5.92 Å². The summed E-state index contributed by atoms with van der Waals surface area (Å²) in [4.78, 5) is 24.0. The normalized spacial score (nSPS) is 30.5. The first-order chi connectivity index (χ1) is 5.46. The van der Waals surface area contributed by atoms with Crippen LogP contribution in [0.15, 0.2) is 0 Å². The summed E-state index contributed by atoms with van der Waals surface area (Å²) < 4.78 is 0. The fourth-order valence-corrected chi connectivity index (χ4v) is 1.37. The van der Waals surface area contributed by atoms with Gasteiger partial charge < -0.3 is 0 Å². The van der Waals surface area contributed by atoms with Gasteiger partial charge in [0.05, 0.1) is 7.85 Å². The summed E-state index contributed by atoms with van der Waals surface area (Å²) in [5, 5.41) is 0. The van der Waals surface area contributed by atoms with Crippen molar-refractivity contribution < 1.29 is 9.59 Å². The van der Waals surface area contributed by atoms with Gasteiger partial charge in [0.25, 0.3) is 0 Å². The number of amides is 2. The van der Waals surface area contributed by atoms with Crippen molar-refractivity contribution in [2.75, 3.05) is 0 Å². The second-order valence-electron chi connectivity index (χ2n) is 3.45. The summed E-state index contributed by atoms with van der Waals surface area (Å²) >= 11 is 0. The molecule has 1 saturated heterocycles. The Morgan fingerprint density at radius 3 is 2.00 bits per heavy atom. The van der Waals surface area contributed by atoms with Gasteiger partial charge in [-0.1, -0.05) is 6.92 Å². The Labute approximate surface area is 73.5 Å². The van der Waals surface area contributed by atoms with E-state index in [0.29, 0.717) is 0 Å². The van der Waals surface area contributed by atoms with Crippen LogP contribution in [0.5, 0.6) is 0 Å². The summed E-state index contributed by atoms with van der Waals surface area (Å²) in [6, 6.07) is -0.0824. The topological polar surface area (TPSA) is 37.4 Å². The first-order valence-corrected chi connectivity index (χ1v) is 4.09. The molecule has 2 radical (unpaired) electrons. The summed E-state index contributed by atoms with van der Waals surface area (Å²) in [6.45, 7) is 5.30. The number of nitrogens with zero attached hydrogens (tertiary/aromatic N) is 1. The molecule has 1 aliphatic rings. The fraction of sp³-hybridized carbons (Fsp3) is 0.750. The number of carbonyl (C=O) groups excluding carboxylic acids is 2. The van der Waals surface area contributed by atoms with Gasteiger partial charge in [-0.2, -0.15) is 0 Å². The Hall–Kier alpha value is -0.795. The Morgan fingerprint density at radius 2 is 1.83 bits per heavy atom. The summed E-state index contributed by atoms with van der Waals surface area (Å²) in [5.41, 5.74) is 0. The Balaban J connectivity index is 2.91. The number of hydrogen-bond acceptors (Lipinski definition) is 2. The quantitative estimate of drug-likeness (QED) is 0.415. The molecule has 0 aromatic carbocycles. The molecule has 0 spiro atoms. The lowest BCUT2D eigenvalue weighted by Gasteiger charge is -2.18. The Kier molecular flexibility index (Phi) is 2.26. The van der Waals surface area contributed by atoms with Gasteiger partial charge in [-0.3, -0.25) is 14.5 Å². The van der Waals surface area contributed by atoms with Crippen LogP contribution in [-0.2, 0) is 9.59 Å². The van der Waals surface area contributed by atoms with Crippen LogP contribution in [0.1, 0.15) is 20.8 Å². The van der Waals surface area contributed by atoms with Crippen molar-refractivity contribution >= 4 is 19.7 Å². The lowest BCUT2D eigenvalue weighted by molar-refractivity contribution is -0.141.